The zero-order chi connectivity index (χ0) is 19.6. The highest BCUT2D eigenvalue weighted by molar-refractivity contribution is 5.93. The van der Waals surface area contributed by atoms with Gasteiger partial charge in [-0.2, -0.15) is 0 Å². The standard InChI is InChI=1S/C21H30N4O2/c1-6-22-21(24-17-12-13-19(26-4)20(14-17)27-5)23-15-18(25(2)3)16-10-8-7-9-11-16/h7-14,18H,6,15H2,1-5H3,(H2,22,23,24). The lowest BCUT2D eigenvalue weighted by Gasteiger charge is -2.23. The van der Waals surface area contributed by atoms with Gasteiger partial charge in [-0.15, -0.1) is 0 Å². The Balaban J connectivity index is 2.18. The molecule has 0 radical (unpaired) electrons. The molecule has 0 saturated heterocycles. The Bertz CT molecular complexity index is 732. The third-order valence-corrected chi connectivity index (χ3v) is 4.22. The SMILES string of the molecule is CCNC(=NCC(c1ccccc1)N(C)C)Nc1ccc(OC)c(OC)c1. The number of hydrogen-bond acceptors (Lipinski definition) is 4. The van der Waals surface area contributed by atoms with E-state index in [2.05, 4.69) is 53.9 Å². The molecule has 1 atom stereocenters. The van der Waals surface area contributed by atoms with Gasteiger partial charge in [0.05, 0.1) is 26.8 Å². The molecule has 0 aliphatic heterocycles. The second kappa shape index (κ2) is 10.4. The highest BCUT2D eigenvalue weighted by Crippen LogP contribution is 2.29. The molecule has 0 fully saturated rings. The van der Waals surface area contributed by atoms with E-state index in [1.165, 1.54) is 5.56 Å². The van der Waals surface area contributed by atoms with Crippen molar-refractivity contribution in [2.45, 2.75) is 13.0 Å². The summed E-state index contributed by atoms with van der Waals surface area (Å²) in [6.07, 6.45) is 0. The fraction of sp³-hybridized carbons (Fsp3) is 0.381. The van der Waals surface area contributed by atoms with Crippen molar-refractivity contribution >= 4 is 11.6 Å². The van der Waals surface area contributed by atoms with Gasteiger partial charge in [0.2, 0.25) is 0 Å². The molecule has 146 valence electrons. The average Bonchev–Trinajstić information content (AvgIpc) is 2.68. The van der Waals surface area contributed by atoms with Gasteiger partial charge in [-0.1, -0.05) is 30.3 Å². The van der Waals surface area contributed by atoms with Crippen molar-refractivity contribution in [2.75, 3.05) is 46.7 Å². The summed E-state index contributed by atoms with van der Waals surface area (Å²) in [5, 5.41) is 6.63. The number of nitrogens with one attached hydrogen (secondary N) is 2. The lowest BCUT2D eigenvalue weighted by Crippen LogP contribution is -2.32. The van der Waals surface area contributed by atoms with Crippen LogP contribution >= 0.6 is 0 Å². The molecule has 0 spiro atoms. The van der Waals surface area contributed by atoms with Gasteiger partial charge < -0.3 is 25.0 Å². The van der Waals surface area contributed by atoms with Crippen molar-refractivity contribution in [2.24, 2.45) is 4.99 Å². The van der Waals surface area contributed by atoms with Crippen molar-refractivity contribution < 1.29 is 9.47 Å². The van der Waals surface area contributed by atoms with Crippen molar-refractivity contribution in [3.05, 3.63) is 54.1 Å². The van der Waals surface area contributed by atoms with Crippen LogP contribution in [0.25, 0.3) is 0 Å². The maximum Gasteiger partial charge on any atom is 0.195 e. The van der Waals surface area contributed by atoms with Gasteiger partial charge in [-0.3, -0.25) is 4.99 Å². The Morgan fingerprint density at radius 3 is 2.33 bits per heavy atom. The number of likely N-dealkylation sites (N-methyl/N-ethyl adjacent to an activating group) is 1. The number of guanidine groups is 1. The Kier molecular flexibility index (Phi) is 7.95. The number of hydrogen-bond donors (Lipinski definition) is 2. The molecule has 2 rings (SSSR count). The average molecular weight is 370 g/mol. The Morgan fingerprint density at radius 1 is 1.04 bits per heavy atom. The summed E-state index contributed by atoms with van der Waals surface area (Å²) in [4.78, 5) is 6.96. The minimum Gasteiger partial charge on any atom is -0.493 e. The van der Waals surface area contributed by atoms with E-state index in [0.717, 1.165) is 18.2 Å². The molecule has 6 heteroatoms. The number of nitrogens with zero attached hydrogens (tertiary/aromatic N) is 2. The first kappa shape index (κ1) is 20.6. The van der Waals surface area contributed by atoms with Crippen LogP contribution in [0.15, 0.2) is 53.5 Å². The molecule has 0 aliphatic carbocycles. The highest BCUT2D eigenvalue weighted by Gasteiger charge is 2.14. The molecule has 2 aromatic rings. The van der Waals surface area contributed by atoms with Crippen LogP contribution in [0.1, 0.15) is 18.5 Å². The van der Waals surface area contributed by atoms with E-state index in [-0.39, 0.29) is 6.04 Å². The second-order valence-corrected chi connectivity index (χ2v) is 6.30. The molecular formula is C21H30N4O2. The van der Waals surface area contributed by atoms with E-state index in [1.54, 1.807) is 14.2 Å². The molecule has 0 aromatic heterocycles. The molecule has 0 amide bonds. The Labute approximate surface area is 162 Å². The summed E-state index contributed by atoms with van der Waals surface area (Å²) in [5.74, 6) is 2.10. The monoisotopic (exact) mass is 370 g/mol. The Hall–Kier alpha value is -2.73. The predicted molar refractivity (Wildman–Crippen MR) is 112 cm³/mol. The third-order valence-electron chi connectivity index (χ3n) is 4.22. The van der Waals surface area contributed by atoms with Crippen molar-refractivity contribution in [3.8, 4) is 11.5 Å². The molecule has 0 aliphatic rings. The first-order valence-electron chi connectivity index (χ1n) is 9.07. The van der Waals surface area contributed by atoms with E-state index in [1.807, 2.05) is 31.2 Å². The van der Waals surface area contributed by atoms with Gasteiger partial charge in [-0.25, -0.2) is 0 Å². The zero-order valence-electron chi connectivity index (χ0n) is 16.8. The molecule has 0 bridgehead atoms. The number of ether oxygens (including phenoxy) is 2. The van der Waals surface area contributed by atoms with E-state index >= 15 is 0 Å². The minimum absolute atomic E-state index is 0.201. The summed E-state index contributed by atoms with van der Waals surface area (Å²) >= 11 is 0. The highest BCUT2D eigenvalue weighted by atomic mass is 16.5. The van der Waals surface area contributed by atoms with Gasteiger partial charge in [0.1, 0.15) is 0 Å². The molecule has 0 saturated carbocycles. The van der Waals surface area contributed by atoms with Crippen molar-refractivity contribution in [3.63, 3.8) is 0 Å². The van der Waals surface area contributed by atoms with Crippen LogP contribution in [0.2, 0.25) is 0 Å². The van der Waals surface area contributed by atoms with Gasteiger partial charge in [0.15, 0.2) is 17.5 Å². The minimum atomic E-state index is 0.201. The molecule has 1 unspecified atom stereocenters. The van der Waals surface area contributed by atoms with E-state index in [4.69, 9.17) is 14.5 Å². The van der Waals surface area contributed by atoms with Crippen LogP contribution in [-0.2, 0) is 0 Å². The number of rotatable bonds is 8. The third kappa shape index (κ3) is 5.89. The molecule has 2 N–H and O–H groups in total. The fourth-order valence-electron chi connectivity index (χ4n) is 2.78. The van der Waals surface area contributed by atoms with E-state index in [9.17, 15) is 0 Å². The fourth-order valence-corrected chi connectivity index (χ4v) is 2.78. The van der Waals surface area contributed by atoms with Crippen LogP contribution < -0.4 is 20.1 Å². The molecule has 2 aromatic carbocycles. The topological polar surface area (TPSA) is 58.1 Å². The first-order valence-corrected chi connectivity index (χ1v) is 9.07. The van der Waals surface area contributed by atoms with Crippen LogP contribution in [0.3, 0.4) is 0 Å². The van der Waals surface area contributed by atoms with Crippen molar-refractivity contribution in [1.29, 1.82) is 0 Å². The van der Waals surface area contributed by atoms with Gasteiger partial charge in [0.25, 0.3) is 0 Å². The lowest BCUT2D eigenvalue weighted by molar-refractivity contribution is 0.306. The second-order valence-electron chi connectivity index (χ2n) is 6.30. The summed E-state index contributed by atoms with van der Waals surface area (Å²) in [5.41, 5.74) is 2.13. The van der Waals surface area contributed by atoms with Crippen LogP contribution in [-0.4, -0.2) is 52.3 Å². The Morgan fingerprint density at radius 2 is 1.74 bits per heavy atom. The van der Waals surface area contributed by atoms with Crippen LogP contribution in [0.5, 0.6) is 11.5 Å². The quantitative estimate of drug-likeness (QED) is 0.551. The van der Waals surface area contributed by atoms with Gasteiger partial charge in [0, 0.05) is 18.3 Å². The number of methoxy groups -OCH3 is 2. The number of anilines is 1. The van der Waals surface area contributed by atoms with Gasteiger partial charge >= 0.3 is 0 Å². The summed E-state index contributed by atoms with van der Waals surface area (Å²) in [7, 11) is 7.40. The largest absolute Gasteiger partial charge is 0.493 e. The predicted octanol–water partition coefficient (Wildman–Crippen LogP) is 3.38. The maximum atomic E-state index is 5.37. The van der Waals surface area contributed by atoms with Crippen LogP contribution in [0, 0.1) is 0 Å². The molecule has 6 nitrogen and oxygen atoms in total. The zero-order valence-corrected chi connectivity index (χ0v) is 16.8. The summed E-state index contributed by atoms with van der Waals surface area (Å²) in [6.45, 7) is 3.46. The van der Waals surface area contributed by atoms with Gasteiger partial charge in [-0.05, 0) is 38.7 Å². The first-order chi connectivity index (χ1) is 13.1. The molecule has 0 heterocycles. The van der Waals surface area contributed by atoms with Crippen molar-refractivity contribution in [1.82, 2.24) is 10.2 Å². The normalized spacial score (nSPS) is 12.6. The van der Waals surface area contributed by atoms with E-state index in [0.29, 0.717) is 18.0 Å². The number of benzene rings is 2. The van der Waals surface area contributed by atoms with E-state index < -0.39 is 0 Å². The summed E-state index contributed by atoms with van der Waals surface area (Å²) < 4.78 is 10.7. The molecule has 27 heavy (non-hydrogen) atoms. The van der Waals surface area contributed by atoms with Crippen LogP contribution in [0.4, 0.5) is 5.69 Å². The smallest absolute Gasteiger partial charge is 0.195 e. The maximum absolute atomic E-state index is 5.37. The molecular weight excluding hydrogens is 340 g/mol. The lowest BCUT2D eigenvalue weighted by atomic mass is 10.1. The number of aliphatic imine (C=N–C) groups is 1. The summed E-state index contributed by atoms with van der Waals surface area (Å²) in [6, 6.07) is 16.3.